The maximum absolute atomic E-state index is 5.13. The molecule has 0 aliphatic carbocycles. The Morgan fingerprint density at radius 1 is 1.50 bits per heavy atom. The minimum atomic E-state index is 0.551. The molecule has 1 fully saturated rings. The number of anilines is 1. The lowest BCUT2D eigenvalue weighted by Gasteiger charge is -2.27. The van der Waals surface area contributed by atoms with Crippen LogP contribution in [0.1, 0.15) is 0 Å². The van der Waals surface area contributed by atoms with Crippen molar-refractivity contribution in [1.29, 1.82) is 0 Å². The van der Waals surface area contributed by atoms with Crippen molar-refractivity contribution in [2.75, 3.05) is 51.7 Å². The summed E-state index contributed by atoms with van der Waals surface area (Å²) in [6.07, 6.45) is 1.69. The number of aromatic nitrogens is 2. The van der Waals surface area contributed by atoms with E-state index in [4.69, 9.17) is 4.74 Å². The number of methoxy groups -OCH3 is 1. The van der Waals surface area contributed by atoms with Crippen LogP contribution in [-0.2, 0) is 0 Å². The quantitative estimate of drug-likeness (QED) is 0.828. The minimum absolute atomic E-state index is 0.551. The summed E-state index contributed by atoms with van der Waals surface area (Å²) in [5.74, 6) is 1.15. The fourth-order valence-electron chi connectivity index (χ4n) is 1.84. The second-order valence-corrected chi connectivity index (χ2v) is 4.92. The van der Waals surface area contributed by atoms with Crippen LogP contribution < -0.4 is 15.4 Å². The van der Waals surface area contributed by atoms with Gasteiger partial charge in [0.05, 0.1) is 17.8 Å². The van der Waals surface area contributed by atoms with Crippen LogP contribution in [0.15, 0.2) is 10.7 Å². The second-order valence-electron chi connectivity index (χ2n) is 4.07. The molecule has 1 saturated heterocycles. The van der Waals surface area contributed by atoms with Gasteiger partial charge in [-0.15, -0.1) is 0 Å². The lowest BCUT2D eigenvalue weighted by molar-refractivity contribution is 0.249. The van der Waals surface area contributed by atoms with E-state index in [1.165, 1.54) is 0 Å². The number of piperazine rings is 1. The highest BCUT2D eigenvalue weighted by molar-refractivity contribution is 9.10. The molecule has 7 heteroatoms. The van der Waals surface area contributed by atoms with Crippen LogP contribution in [0.3, 0.4) is 0 Å². The van der Waals surface area contributed by atoms with Crippen LogP contribution in [0.2, 0.25) is 0 Å². The van der Waals surface area contributed by atoms with Gasteiger partial charge in [-0.05, 0) is 15.9 Å². The maximum Gasteiger partial charge on any atom is 0.232 e. The minimum Gasteiger partial charge on any atom is -0.480 e. The number of nitrogens with zero attached hydrogens (tertiary/aromatic N) is 3. The lowest BCUT2D eigenvalue weighted by Crippen LogP contribution is -2.45. The summed E-state index contributed by atoms with van der Waals surface area (Å²) in [4.78, 5) is 10.9. The molecule has 1 aliphatic heterocycles. The Morgan fingerprint density at radius 3 is 3.00 bits per heavy atom. The molecule has 0 atom stereocenters. The molecule has 0 spiro atoms. The van der Waals surface area contributed by atoms with Gasteiger partial charge in [0.2, 0.25) is 11.8 Å². The van der Waals surface area contributed by atoms with E-state index in [9.17, 15) is 0 Å². The zero-order valence-electron chi connectivity index (χ0n) is 10.4. The molecule has 1 aromatic heterocycles. The van der Waals surface area contributed by atoms with Gasteiger partial charge in [0.15, 0.2) is 0 Å². The highest BCUT2D eigenvalue weighted by Crippen LogP contribution is 2.21. The molecule has 0 saturated carbocycles. The van der Waals surface area contributed by atoms with Crippen LogP contribution >= 0.6 is 15.9 Å². The van der Waals surface area contributed by atoms with Gasteiger partial charge in [-0.2, -0.15) is 4.98 Å². The predicted octanol–water partition coefficient (Wildman–Crippen LogP) is 0.565. The number of hydrogen-bond acceptors (Lipinski definition) is 6. The first kappa shape index (κ1) is 13.5. The van der Waals surface area contributed by atoms with Crippen molar-refractivity contribution < 1.29 is 4.74 Å². The smallest absolute Gasteiger partial charge is 0.232 e. The number of hydrogen-bond donors (Lipinski definition) is 2. The van der Waals surface area contributed by atoms with E-state index < -0.39 is 0 Å². The third kappa shape index (κ3) is 3.79. The average molecular weight is 316 g/mol. The standard InChI is InChI=1S/C11H18BrN5O/c1-18-10-9(12)8-15-11(16-10)14-4-7-17-5-2-13-3-6-17/h8,13H,2-7H2,1H3,(H,14,15,16). The van der Waals surface area contributed by atoms with Crippen LogP contribution in [0.4, 0.5) is 5.95 Å². The first-order chi connectivity index (χ1) is 8.79. The molecule has 2 rings (SSSR count). The summed E-state index contributed by atoms with van der Waals surface area (Å²) in [6.45, 7) is 6.19. The molecule has 0 amide bonds. The first-order valence-corrected chi connectivity index (χ1v) is 6.82. The largest absolute Gasteiger partial charge is 0.480 e. The lowest BCUT2D eigenvalue weighted by atomic mass is 10.3. The summed E-state index contributed by atoms with van der Waals surface area (Å²) in [7, 11) is 1.59. The molecule has 18 heavy (non-hydrogen) atoms. The third-order valence-corrected chi connectivity index (χ3v) is 3.37. The van der Waals surface area contributed by atoms with Crippen LogP contribution in [0, 0.1) is 0 Å². The van der Waals surface area contributed by atoms with Gasteiger partial charge in [-0.3, -0.25) is 4.90 Å². The van der Waals surface area contributed by atoms with Gasteiger partial charge in [-0.25, -0.2) is 4.98 Å². The molecular formula is C11H18BrN5O. The fourth-order valence-corrected chi connectivity index (χ4v) is 2.19. The Morgan fingerprint density at radius 2 is 2.28 bits per heavy atom. The molecule has 0 bridgehead atoms. The molecule has 0 radical (unpaired) electrons. The van der Waals surface area contributed by atoms with E-state index in [-0.39, 0.29) is 0 Å². The number of ether oxygens (including phenoxy) is 1. The Bertz CT molecular complexity index is 384. The Hall–Kier alpha value is -0.920. The molecule has 0 unspecified atom stereocenters. The number of nitrogens with one attached hydrogen (secondary N) is 2. The van der Waals surface area contributed by atoms with Gasteiger partial charge < -0.3 is 15.4 Å². The van der Waals surface area contributed by atoms with Crippen LogP contribution in [0.25, 0.3) is 0 Å². The highest BCUT2D eigenvalue weighted by Gasteiger charge is 2.09. The zero-order valence-corrected chi connectivity index (χ0v) is 12.0. The molecule has 0 aromatic carbocycles. The number of halogens is 1. The predicted molar refractivity (Wildman–Crippen MR) is 74.1 cm³/mol. The molecule has 2 heterocycles. The van der Waals surface area contributed by atoms with Gasteiger partial charge in [0.25, 0.3) is 0 Å². The summed E-state index contributed by atoms with van der Waals surface area (Å²) in [5, 5.41) is 6.54. The second kappa shape index (κ2) is 6.86. The van der Waals surface area contributed by atoms with E-state index in [1.807, 2.05) is 0 Å². The topological polar surface area (TPSA) is 62.3 Å². The van der Waals surface area contributed by atoms with E-state index in [0.717, 1.165) is 43.7 Å². The van der Waals surface area contributed by atoms with E-state index in [2.05, 4.69) is 41.4 Å². The third-order valence-electron chi connectivity index (χ3n) is 2.83. The van der Waals surface area contributed by atoms with Crippen LogP contribution in [-0.4, -0.2) is 61.2 Å². The van der Waals surface area contributed by atoms with Gasteiger partial charge >= 0.3 is 0 Å². The van der Waals surface area contributed by atoms with Crippen molar-refractivity contribution in [2.24, 2.45) is 0 Å². The SMILES string of the molecule is COc1nc(NCCN2CCNCC2)ncc1Br. The first-order valence-electron chi connectivity index (χ1n) is 6.03. The van der Waals surface area contributed by atoms with Gasteiger partial charge in [0, 0.05) is 39.3 Å². The van der Waals surface area contributed by atoms with Crippen molar-refractivity contribution in [3.05, 3.63) is 10.7 Å². The fraction of sp³-hybridized carbons (Fsp3) is 0.636. The van der Waals surface area contributed by atoms with Crippen molar-refractivity contribution in [3.8, 4) is 5.88 Å². The maximum atomic E-state index is 5.13. The van der Waals surface area contributed by atoms with Crippen molar-refractivity contribution >= 4 is 21.9 Å². The van der Waals surface area contributed by atoms with Gasteiger partial charge in [-0.1, -0.05) is 0 Å². The van der Waals surface area contributed by atoms with E-state index in [1.54, 1.807) is 13.3 Å². The van der Waals surface area contributed by atoms with Gasteiger partial charge in [0.1, 0.15) is 0 Å². The van der Waals surface area contributed by atoms with E-state index in [0.29, 0.717) is 11.8 Å². The van der Waals surface area contributed by atoms with E-state index >= 15 is 0 Å². The summed E-state index contributed by atoms with van der Waals surface area (Å²) in [5.41, 5.74) is 0. The summed E-state index contributed by atoms with van der Waals surface area (Å²) < 4.78 is 5.89. The Labute approximate surface area is 115 Å². The number of rotatable bonds is 5. The Kier molecular flexibility index (Phi) is 5.15. The normalized spacial score (nSPS) is 16.6. The van der Waals surface area contributed by atoms with Crippen molar-refractivity contribution in [2.45, 2.75) is 0 Å². The molecule has 6 nitrogen and oxygen atoms in total. The monoisotopic (exact) mass is 315 g/mol. The van der Waals surface area contributed by atoms with Crippen molar-refractivity contribution in [1.82, 2.24) is 20.2 Å². The van der Waals surface area contributed by atoms with Crippen LogP contribution in [0.5, 0.6) is 5.88 Å². The Balaban J connectivity index is 1.79. The molecule has 2 N–H and O–H groups in total. The summed E-state index contributed by atoms with van der Waals surface area (Å²) in [6, 6.07) is 0. The zero-order chi connectivity index (χ0) is 12.8. The molecule has 1 aromatic rings. The van der Waals surface area contributed by atoms with Crippen molar-refractivity contribution in [3.63, 3.8) is 0 Å². The molecule has 100 valence electrons. The highest BCUT2D eigenvalue weighted by atomic mass is 79.9. The summed E-state index contributed by atoms with van der Waals surface area (Å²) >= 11 is 3.33. The average Bonchev–Trinajstić information content (AvgIpc) is 2.42. The molecule has 1 aliphatic rings. The molecular weight excluding hydrogens is 298 g/mol.